The first-order valence-corrected chi connectivity index (χ1v) is 7.24. The molecule has 1 amide bonds. The number of carbonyl (C=O) groups excluding carboxylic acids is 1. The molecule has 0 fully saturated rings. The maximum atomic E-state index is 13.3. The largest absolute Gasteiger partial charge is 0.480 e. The number of nitrogens with zero attached hydrogens (tertiary/aromatic N) is 2. The van der Waals surface area contributed by atoms with Crippen molar-refractivity contribution in [1.82, 2.24) is 9.88 Å². The Morgan fingerprint density at radius 1 is 1.39 bits per heavy atom. The van der Waals surface area contributed by atoms with Crippen LogP contribution in [0.2, 0.25) is 5.02 Å². The van der Waals surface area contributed by atoms with E-state index in [0.29, 0.717) is 16.7 Å². The third-order valence-electron chi connectivity index (χ3n) is 3.90. The van der Waals surface area contributed by atoms with Crippen molar-refractivity contribution in [3.05, 3.63) is 52.6 Å². The lowest BCUT2D eigenvalue weighted by atomic mass is 10.0. The van der Waals surface area contributed by atoms with Crippen LogP contribution in [0.4, 0.5) is 4.39 Å². The average molecular weight is 335 g/mol. The Bertz CT molecular complexity index is 825. The highest BCUT2D eigenvalue weighted by molar-refractivity contribution is 6.33. The Balaban J connectivity index is 2.01. The Morgan fingerprint density at radius 2 is 2.13 bits per heavy atom. The van der Waals surface area contributed by atoms with E-state index in [1.807, 2.05) is 0 Å². The monoisotopic (exact) mass is 334 g/mol. The lowest BCUT2D eigenvalue weighted by Gasteiger charge is -2.19. The van der Waals surface area contributed by atoms with Gasteiger partial charge in [0.25, 0.3) is 5.91 Å². The van der Waals surface area contributed by atoms with Crippen LogP contribution in [0.1, 0.15) is 22.8 Å². The second kappa shape index (κ2) is 5.62. The lowest BCUT2D eigenvalue weighted by Crippen LogP contribution is -2.38. The van der Waals surface area contributed by atoms with Crippen molar-refractivity contribution >= 4 is 23.5 Å². The molecule has 0 aliphatic carbocycles. The van der Waals surface area contributed by atoms with E-state index in [1.54, 1.807) is 18.2 Å². The van der Waals surface area contributed by atoms with Crippen molar-refractivity contribution in [2.24, 2.45) is 0 Å². The Morgan fingerprint density at radius 3 is 2.83 bits per heavy atom. The van der Waals surface area contributed by atoms with E-state index < -0.39 is 18.0 Å². The number of benzene rings is 1. The van der Waals surface area contributed by atoms with Crippen LogP contribution < -0.4 is 0 Å². The average Bonchev–Trinajstić information content (AvgIpc) is 2.85. The summed E-state index contributed by atoms with van der Waals surface area (Å²) < 4.78 is 13.3. The number of amides is 1. The van der Waals surface area contributed by atoms with Gasteiger partial charge in [-0.2, -0.15) is 4.39 Å². The zero-order valence-corrected chi connectivity index (χ0v) is 12.8. The fraction of sp³-hybridized carbons (Fsp3) is 0.188. The number of hydrogen-bond donors (Lipinski definition) is 1. The molecule has 1 aliphatic heterocycles. The summed E-state index contributed by atoms with van der Waals surface area (Å²) >= 11 is 6.04. The first-order chi connectivity index (χ1) is 10.9. The summed E-state index contributed by atoms with van der Waals surface area (Å²) in [5.41, 5.74) is 2.15. The fourth-order valence-electron chi connectivity index (χ4n) is 2.57. The second-order valence-electron chi connectivity index (χ2n) is 5.31. The number of carboxylic acid groups (broad SMARTS) is 1. The summed E-state index contributed by atoms with van der Waals surface area (Å²) in [6.07, 6.45) is 1.21. The topological polar surface area (TPSA) is 70.5 Å². The second-order valence-corrected chi connectivity index (χ2v) is 5.71. The number of fused-ring (bicyclic) bond motifs is 1. The highest BCUT2D eigenvalue weighted by atomic mass is 35.5. The van der Waals surface area contributed by atoms with Gasteiger partial charge in [-0.3, -0.25) is 4.79 Å². The van der Waals surface area contributed by atoms with E-state index in [2.05, 4.69) is 4.98 Å². The van der Waals surface area contributed by atoms with Gasteiger partial charge in [0.1, 0.15) is 6.04 Å². The third kappa shape index (κ3) is 2.66. The lowest BCUT2D eigenvalue weighted by molar-refractivity contribution is -0.141. The zero-order chi connectivity index (χ0) is 16.7. The highest BCUT2D eigenvalue weighted by Gasteiger charge is 2.34. The molecule has 0 bridgehead atoms. The van der Waals surface area contributed by atoms with Gasteiger partial charge in [0, 0.05) is 29.9 Å². The number of aromatic nitrogens is 1. The number of carbonyl (C=O) groups is 2. The van der Waals surface area contributed by atoms with E-state index in [0.717, 1.165) is 5.56 Å². The van der Waals surface area contributed by atoms with Gasteiger partial charge in [-0.1, -0.05) is 23.7 Å². The Kier molecular flexibility index (Phi) is 3.77. The molecule has 0 saturated heterocycles. The van der Waals surface area contributed by atoms with Gasteiger partial charge in [-0.25, -0.2) is 9.78 Å². The smallest absolute Gasteiger partial charge is 0.326 e. The molecular weight excluding hydrogens is 323 g/mol. The fourth-order valence-corrected chi connectivity index (χ4v) is 2.78. The SMILES string of the molecule is C[C@H](C(=O)O)N1Cc2ccc(-c3cc(F)ncc3Cl)cc2C1=O. The van der Waals surface area contributed by atoms with Crippen LogP contribution in [0.5, 0.6) is 0 Å². The van der Waals surface area contributed by atoms with E-state index >= 15 is 0 Å². The van der Waals surface area contributed by atoms with E-state index in [4.69, 9.17) is 16.7 Å². The summed E-state index contributed by atoms with van der Waals surface area (Å²) in [5.74, 6) is -2.09. The van der Waals surface area contributed by atoms with Crippen molar-refractivity contribution in [3.63, 3.8) is 0 Å². The number of carboxylic acids is 1. The molecule has 2 heterocycles. The van der Waals surface area contributed by atoms with E-state index in [-0.39, 0.29) is 17.5 Å². The summed E-state index contributed by atoms with van der Waals surface area (Å²) in [4.78, 5) is 28.3. The molecule has 0 saturated carbocycles. The predicted octanol–water partition coefficient (Wildman–Crippen LogP) is 2.97. The molecular formula is C16H12ClFN2O3. The standard InChI is InChI=1S/C16H12ClFN2O3/c1-8(16(22)23)20-7-10-3-2-9(4-12(10)15(20)21)11-5-14(18)19-6-13(11)17/h2-6,8H,7H2,1H3,(H,22,23)/t8-/m1/s1. The van der Waals surface area contributed by atoms with Crippen LogP contribution in [0.3, 0.4) is 0 Å². The maximum absolute atomic E-state index is 13.3. The minimum absolute atomic E-state index is 0.236. The van der Waals surface area contributed by atoms with Crippen molar-refractivity contribution in [2.45, 2.75) is 19.5 Å². The van der Waals surface area contributed by atoms with Gasteiger partial charge in [-0.15, -0.1) is 0 Å². The van der Waals surface area contributed by atoms with Gasteiger partial charge in [0.2, 0.25) is 5.95 Å². The van der Waals surface area contributed by atoms with Crippen LogP contribution >= 0.6 is 11.6 Å². The van der Waals surface area contributed by atoms with Crippen LogP contribution in [-0.4, -0.2) is 32.9 Å². The number of pyridine rings is 1. The minimum atomic E-state index is -1.06. The normalized spacial score (nSPS) is 14.7. The van der Waals surface area contributed by atoms with Crippen LogP contribution in [0, 0.1) is 5.95 Å². The molecule has 1 atom stereocenters. The van der Waals surface area contributed by atoms with Gasteiger partial charge in [0.05, 0.1) is 5.02 Å². The molecule has 2 aromatic rings. The Hall–Kier alpha value is -2.47. The van der Waals surface area contributed by atoms with Crippen LogP contribution in [-0.2, 0) is 11.3 Å². The molecule has 5 nitrogen and oxygen atoms in total. The molecule has 0 radical (unpaired) electrons. The molecule has 0 spiro atoms. The molecule has 1 aromatic heterocycles. The van der Waals surface area contributed by atoms with Crippen LogP contribution in [0.15, 0.2) is 30.5 Å². The molecule has 3 rings (SSSR count). The summed E-state index contributed by atoms with van der Waals surface area (Å²) in [7, 11) is 0. The first kappa shape index (κ1) is 15.4. The quantitative estimate of drug-likeness (QED) is 0.876. The van der Waals surface area contributed by atoms with Gasteiger partial charge >= 0.3 is 5.97 Å². The van der Waals surface area contributed by atoms with E-state index in [1.165, 1.54) is 24.1 Å². The predicted molar refractivity (Wildman–Crippen MR) is 81.6 cm³/mol. The zero-order valence-electron chi connectivity index (χ0n) is 12.1. The maximum Gasteiger partial charge on any atom is 0.326 e. The van der Waals surface area contributed by atoms with Gasteiger partial charge < -0.3 is 10.0 Å². The molecule has 23 heavy (non-hydrogen) atoms. The minimum Gasteiger partial charge on any atom is -0.480 e. The molecule has 1 N–H and O–H groups in total. The number of hydrogen-bond acceptors (Lipinski definition) is 3. The molecule has 0 unspecified atom stereocenters. The molecule has 118 valence electrons. The summed E-state index contributed by atoms with van der Waals surface area (Å²) in [5, 5.41) is 9.35. The number of rotatable bonds is 3. The molecule has 1 aliphatic rings. The molecule has 7 heteroatoms. The van der Waals surface area contributed by atoms with E-state index in [9.17, 15) is 14.0 Å². The van der Waals surface area contributed by atoms with Crippen molar-refractivity contribution < 1.29 is 19.1 Å². The Labute approximate surface area is 136 Å². The van der Waals surface area contributed by atoms with Gasteiger partial charge in [-0.05, 0) is 24.1 Å². The third-order valence-corrected chi connectivity index (χ3v) is 4.20. The number of aliphatic carboxylic acids is 1. The number of halogens is 2. The summed E-state index contributed by atoms with van der Waals surface area (Å²) in [6, 6.07) is 5.34. The highest BCUT2D eigenvalue weighted by Crippen LogP contribution is 2.32. The first-order valence-electron chi connectivity index (χ1n) is 6.86. The van der Waals surface area contributed by atoms with Crippen molar-refractivity contribution in [2.75, 3.05) is 0 Å². The van der Waals surface area contributed by atoms with Gasteiger partial charge in [0.15, 0.2) is 0 Å². The van der Waals surface area contributed by atoms with Crippen molar-refractivity contribution in [3.8, 4) is 11.1 Å². The molecule has 1 aromatic carbocycles. The van der Waals surface area contributed by atoms with Crippen molar-refractivity contribution in [1.29, 1.82) is 0 Å². The van der Waals surface area contributed by atoms with Crippen LogP contribution in [0.25, 0.3) is 11.1 Å². The summed E-state index contributed by atoms with van der Waals surface area (Å²) in [6.45, 7) is 1.70.